The summed E-state index contributed by atoms with van der Waals surface area (Å²) in [6, 6.07) is 7.59. The Balaban J connectivity index is 2.74. The van der Waals surface area contributed by atoms with Gasteiger partial charge in [-0.2, -0.15) is 0 Å². The Morgan fingerprint density at radius 3 is 2.21 bits per heavy atom. The maximum absolute atomic E-state index is 5.53. The van der Waals surface area contributed by atoms with E-state index in [0.29, 0.717) is 0 Å². The monoisotopic (exact) mass is 230 g/mol. The summed E-state index contributed by atoms with van der Waals surface area (Å²) in [4.78, 5) is 0. The Morgan fingerprint density at radius 2 is 1.79 bits per heavy atom. The molecule has 1 aromatic carbocycles. The van der Waals surface area contributed by atoms with E-state index in [9.17, 15) is 0 Å². The Morgan fingerprint density at radius 1 is 1.21 bits per heavy atom. The van der Waals surface area contributed by atoms with Crippen molar-refractivity contribution in [2.24, 2.45) is 0 Å². The Hall–Kier alpha value is -0.660. The molecule has 0 heterocycles. The number of hydrogen-bond acceptors (Lipinski definition) is 1. The molecule has 14 heavy (non-hydrogen) atoms. The molecule has 1 nitrogen and oxygen atoms in total. The molecule has 0 aliphatic rings. The summed E-state index contributed by atoms with van der Waals surface area (Å²) in [6.07, 6.45) is 1.87. The molecule has 0 radical (unpaired) electrons. The van der Waals surface area contributed by atoms with Crippen molar-refractivity contribution in [3.05, 3.63) is 34.3 Å². The molecule has 0 saturated carbocycles. The summed E-state index contributed by atoms with van der Waals surface area (Å²) in [5.41, 5.74) is 0.959. The molecular weight excluding hydrogens is 219 g/mol. The van der Waals surface area contributed by atoms with Crippen LogP contribution in [0, 0.1) is 0 Å². The lowest BCUT2D eigenvalue weighted by Gasteiger charge is -2.09. The van der Waals surface area contributed by atoms with Crippen molar-refractivity contribution in [3.8, 4) is 5.75 Å². The molecule has 0 unspecified atom stereocenters. The van der Waals surface area contributed by atoms with Gasteiger partial charge in [0, 0.05) is 0 Å². The molecular formula is C11H12Cl2O. The predicted octanol–water partition coefficient (Wildman–Crippen LogP) is 4.25. The molecule has 0 aliphatic heterocycles. The molecule has 1 rings (SSSR count). The van der Waals surface area contributed by atoms with E-state index in [2.05, 4.69) is 0 Å². The normalized spacial score (nSPS) is 10.1. The van der Waals surface area contributed by atoms with Crippen molar-refractivity contribution in [1.29, 1.82) is 0 Å². The van der Waals surface area contributed by atoms with Crippen molar-refractivity contribution in [2.45, 2.75) is 20.0 Å². The van der Waals surface area contributed by atoms with Crippen molar-refractivity contribution in [2.75, 3.05) is 0 Å². The van der Waals surface area contributed by atoms with Crippen molar-refractivity contribution in [3.63, 3.8) is 0 Å². The predicted molar refractivity (Wildman–Crippen MR) is 61.9 cm³/mol. The quantitative estimate of drug-likeness (QED) is 0.755. The first-order chi connectivity index (χ1) is 6.58. The summed E-state index contributed by atoms with van der Waals surface area (Å²) in [5.74, 6) is 0.850. The average Bonchev–Trinajstić information content (AvgIpc) is 2.06. The topological polar surface area (TPSA) is 9.23 Å². The van der Waals surface area contributed by atoms with E-state index in [4.69, 9.17) is 27.9 Å². The molecule has 0 aliphatic carbocycles. The van der Waals surface area contributed by atoms with Gasteiger partial charge >= 0.3 is 0 Å². The van der Waals surface area contributed by atoms with Gasteiger partial charge in [0.1, 0.15) is 10.2 Å². The molecule has 0 amide bonds. The van der Waals surface area contributed by atoms with E-state index in [-0.39, 0.29) is 10.6 Å². The smallest absolute Gasteiger partial charge is 0.119 e. The highest BCUT2D eigenvalue weighted by Crippen LogP contribution is 2.18. The number of rotatable bonds is 3. The highest BCUT2D eigenvalue weighted by atomic mass is 35.5. The van der Waals surface area contributed by atoms with Gasteiger partial charge in [-0.05, 0) is 37.6 Å². The van der Waals surface area contributed by atoms with Crippen molar-refractivity contribution in [1.82, 2.24) is 0 Å². The number of benzene rings is 1. The summed E-state index contributed by atoms with van der Waals surface area (Å²) < 4.78 is 5.74. The highest BCUT2D eigenvalue weighted by molar-refractivity contribution is 6.57. The van der Waals surface area contributed by atoms with E-state index in [1.807, 2.05) is 38.1 Å². The number of halogens is 2. The molecule has 0 atom stereocenters. The van der Waals surface area contributed by atoms with Gasteiger partial charge in [0.05, 0.1) is 6.10 Å². The van der Waals surface area contributed by atoms with E-state index in [1.54, 1.807) is 6.08 Å². The average molecular weight is 231 g/mol. The standard InChI is InChI=1S/C11H12Cl2O/c1-8(2)14-10-5-3-9(4-6-10)7-11(12)13/h3-8H,1-2H3. The molecule has 3 heteroatoms. The SMILES string of the molecule is CC(C)Oc1ccc(C=C(Cl)Cl)cc1. The van der Waals surface area contributed by atoms with Crippen LogP contribution in [-0.2, 0) is 0 Å². The van der Waals surface area contributed by atoms with E-state index >= 15 is 0 Å². The van der Waals surface area contributed by atoms with Crippen LogP contribution in [0.1, 0.15) is 19.4 Å². The van der Waals surface area contributed by atoms with Gasteiger partial charge in [-0.25, -0.2) is 0 Å². The third kappa shape index (κ3) is 4.03. The highest BCUT2D eigenvalue weighted by Gasteiger charge is 1.96. The second kappa shape index (κ2) is 5.28. The molecule has 76 valence electrons. The lowest BCUT2D eigenvalue weighted by molar-refractivity contribution is 0.242. The third-order valence-corrected chi connectivity index (χ3v) is 1.75. The summed E-state index contributed by atoms with van der Waals surface area (Å²) >= 11 is 11.1. The van der Waals surface area contributed by atoms with Crippen LogP contribution in [0.25, 0.3) is 6.08 Å². The van der Waals surface area contributed by atoms with Crippen molar-refractivity contribution < 1.29 is 4.74 Å². The fourth-order valence-corrected chi connectivity index (χ4v) is 1.29. The lowest BCUT2D eigenvalue weighted by Crippen LogP contribution is -2.05. The van der Waals surface area contributed by atoms with Gasteiger partial charge in [0.25, 0.3) is 0 Å². The Labute approximate surface area is 94.3 Å². The Kier molecular flexibility index (Phi) is 4.30. The first kappa shape index (κ1) is 11.4. The first-order valence-corrected chi connectivity index (χ1v) is 5.13. The van der Waals surface area contributed by atoms with Gasteiger partial charge in [0.2, 0.25) is 0 Å². The maximum Gasteiger partial charge on any atom is 0.119 e. The summed E-state index contributed by atoms with van der Waals surface area (Å²) in [5, 5.41) is 0. The molecule has 0 N–H and O–H groups in total. The van der Waals surface area contributed by atoms with Crippen LogP contribution in [0.4, 0.5) is 0 Å². The summed E-state index contributed by atoms with van der Waals surface area (Å²) in [7, 11) is 0. The zero-order valence-electron chi connectivity index (χ0n) is 8.13. The maximum atomic E-state index is 5.53. The first-order valence-electron chi connectivity index (χ1n) is 4.37. The van der Waals surface area contributed by atoms with Crippen LogP contribution in [-0.4, -0.2) is 6.10 Å². The van der Waals surface area contributed by atoms with Crippen LogP contribution >= 0.6 is 23.2 Å². The second-order valence-electron chi connectivity index (χ2n) is 3.17. The van der Waals surface area contributed by atoms with E-state index in [0.717, 1.165) is 11.3 Å². The molecule has 0 aromatic heterocycles. The van der Waals surface area contributed by atoms with E-state index < -0.39 is 0 Å². The zero-order valence-corrected chi connectivity index (χ0v) is 9.64. The molecule has 1 aromatic rings. The van der Waals surface area contributed by atoms with Gasteiger partial charge in [-0.3, -0.25) is 0 Å². The van der Waals surface area contributed by atoms with Crippen LogP contribution in [0.2, 0.25) is 0 Å². The minimum atomic E-state index is 0.188. The van der Waals surface area contributed by atoms with Gasteiger partial charge in [0.15, 0.2) is 0 Å². The van der Waals surface area contributed by atoms with Crippen LogP contribution in [0.15, 0.2) is 28.8 Å². The molecule has 0 fully saturated rings. The Bertz CT molecular complexity index is 311. The minimum Gasteiger partial charge on any atom is -0.491 e. The van der Waals surface area contributed by atoms with Gasteiger partial charge in [-0.1, -0.05) is 35.3 Å². The minimum absolute atomic E-state index is 0.188. The van der Waals surface area contributed by atoms with E-state index in [1.165, 1.54) is 0 Å². The molecule has 0 saturated heterocycles. The second-order valence-corrected chi connectivity index (χ2v) is 4.18. The third-order valence-electron chi connectivity index (χ3n) is 1.53. The van der Waals surface area contributed by atoms with Crippen LogP contribution in [0.5, 0.6) is 5.75 Å². The zero-order chi connectivity index (χ0) is 10.6. The lowest BCUT2D eigenvalue weighted by atomic mass is 10.2. The largest absolute Gasteiger partial charge is 0.491 e. The van der Waals surface area contributed by atoms with Crippen molar-refractivity contribution >= 4 is 29.3 Å². The fourth-order valence-electron chi connectivity index (χ4n) is 1.04. The molecule has 0 spiro atoms. The van der Waals surface area contributed by atoms with Crippen LogP contribution < -0.4 is 4.74 Å². The van der Waals surface area contributed by atoms with Gasteiger partial charge < -0.3 is 4.74 Å². The fraction of sp³-hybridized carbons (Fsp3) is 0.273. The number of hydrogen-bond donors (Lipinski definition) is 0. The summed E-state index contributed by atoms with van der Waals surface area (Å²) in [6.45, 7) is 3.98. The molecule has 0 bridgehead atoms. The van der Waals surface area contributed by atoms with Gasteiger partial charge in [-0.15, -0.1) is 0 Å². The van der Waals surface area contributed by atoms with Crippen LogP contribution in [0.3, 0.4) is 0 Å². The number of ether oxygens (including phenoxy) is 1.